The van der Waals surface area contributed by atoms with Crippen molar-refractivity contribution in [2.45, 2.75) is 32.2 Å². The summed E-state index contributed by atoms with van der Waals surface area (Å²) in [6.45, 7) is 7.44. The standard InChI is InChI=1S/C17H28N2O2/c1-5-7-9-19(3)15(12-18)14-10-13(8-6-2)17(20)16(11-14)21-4/h6,10-11,15,20H,2,5,7-9,12,18H2,1,3-4H3. The first-order valence-electron chi connectivity index (χ1n) is 7.49. The molecular weight excluding hydrogens is 264 g/mol. The van der Waals surface area contributed by atoms with Gasteiger partial charge in [-0.25, -0.2) is 0 Å². The first kappa shape index (κ1) is 17.5. The Balaban J connectivity index is 3.13. The molecule has 4 heteroatoms. The zero-order chi connectivity index (χ0) is 15.8. The molecule has 3 N–H and O–H groups in total. The van der Waals surface area contributed by atoms with Gasteiger partial charge in [-0.05, 0) is 44.1 Å². The topological polar surface area (TPSA) is 58.7 Å². The van der Waals surface area contributed by atoms with Crippen molar-refractivity contribution in [2.75, 3.05) is 27.2 Å². The molecule has 118 valence electrons. The highest BCUT2D eigenvalue weighted by atomic mass is 16.5. The molecule has 0 fully saturated rings. The van der Waals surface area contributed by atoms with E-state index in [1.54, 1.807) is 13.2 Å². The van der Waals surface area contributed by atoms with E-state index >= 15 is 0 Å². The number of hydrogen-bond acceptors (Lipinski definition) is 4. The summed E-state index contributed by atoms with van der Waals surface area (Å²) in [5.41, 5.74) is 7.86. The lowest BCUT2D eigenvalue weighted by Crippen LogP contribution is -2.31. The maximum absolute atomic E-state index is 10.2. The molecule has 0 saturated heterocycles. The average Bonchev–Trinajstić information content (AvgIpc) is 2.48. The van der Waals surface area contributed by atoms with Gasteiger partial charge in [0.1, 0.15) is 0 Å². The molecule has 0 bridgehead atoms. The summed E-state index contributed by atoms with van der Waals surface area (Å²) in [4.78, 5) is 2.26. The summed E-state index contributed by atoms with van der Waals surface area (Å²) < 4.78 is 5.28. The molecule has 0 saturated carbocycles. The van der Waals surface area contributed by atoms with Crippen LogP contribution < -0.4 is 10.5 Å². The van der Waals surface area contributed by atoms with Gasteiger partial charge in [0.05, 0.1) is 7.11 Å². The fourth-order valence-electron chi connectivity index (χ4n) is 2.48. The fourth-order valence-corrected chi connectivity index (χ4v) is 2.48. The molecule has 0 radical (unpaired) electrons. The third-order valence-corrected chi connectivity index (χ3v) is 3.76. The van der Waals surface area contributed by atoms with E-state index < -0.39 is 0 Å². The quantitative estimate of drug-likeness (QED) is 0.687. The van der Waals surface area contributed by atoms with Crippen LogP contribution in [0.5, 0.6) is 11.5 Å². The lowest BCUT2D eigenvalue weighted by Gasteiger charge is -2.28. The molecule has 0 aliphatic carbocycles. The first-order valence-corrected chi connectivity index (χ1v) is 7.49. The lowest BCUT2D eigenvalue weighted by atomic mass is 9.99. The van der Waals surface area contributed by atoms with Crippen molar-refractivity contribution in [3.05, 3.63) is 35.9 Å². The number of allylic oxidation sites excluding steroid dienone is 1. The number of phenols is 1. The molecule has 0 amide bonds. The molecule has 4 nitrogen and oxygen atoms in total. The molecule has 0 aliphatic heterocycles. The Morgan fingerprint density at radius 3 is 2.71 bits per heavy atom. The van der Waals surface area contributed by atoms with Crippen LogP contribution in [-0.4, -0.2) is 37.3 Å². The molecule has 0 aromatic heterocycles. The van der Waals surface area contributed by atoms with Crippen LogP contribution >= 0.6 is 0 Å². The Morgan fingerprint density at radius 2 is 2.19 bits per heavy atom. The summed E-state index contributed by atoms with van der Waals surface area (Å²) in [5, 5.41) is 10.2. The second kappa shape index (κ2) is 8.70. The molecule has 1 unspecified atom stereocenters. The number of aromatic hydroxyl groups is 1. The van der Waals surface area contributed by atoms with Crippen molar-refractivity contribution >= 4 is 0 Å². The van der Waals surface area contributed by atoms with E-state index in [4.69, 9.17) is 10.5 Å². The largest absolute Gasteiger partial charge is 0.504 e. The van der Waals surface area contributed by atoms with Crippen LogP contribution in [0.2, 0.25) is 0 Å². The highest BCUT2D eigenvalue weighted by molar-refractivity contribution is 5.50. The zero-order valence-electron chi connectivity index (χ0n) is 13.4. The van der Waals surface area contributed by atoms with Crippen LogP contribution in [-0.2, 0) is 6.42 Å². The third kappa shape index (κ3) is 4.48. The number of nitrogens with zero attached hydrogens (tertiary/aromatic N) is 1. The van der Waals surface area contributed by atoms with Gasteiger partial charge in [-0.3, -0.25) is 4.90 Å². The van der Waals surface area contributed by atoms with Crippen molar-refractivity contribution in [3.8, 4) is 11.5 Å². The Labute approximate surface area is 128 Å². The Morgan fingerprint density at radius 1 is 1.48 bits per heavy atom. The molecular formula is C17H28N2O2. The van der Waals surface area contributed by atoms with E-state index in [9.17, 15) is 5.11 Å². The number of phenolic OH excluding ortho intramolecular Hbond substituents is 1. The monoisotopic (exact) mass is 292 g/mol. The molecule has 1 rings (SSSR count). The van der Waals surface area contributed by atoms with Crippen LogP contribution in [0.4, 0.5) is 0 Å². The van der Waals surface area contributed by atoms with Gasteiger partial charge in [0, 0.05) is 18.2 Å². The second-order valence-electron chi connectivity index (χ2n) is 5.31. The number of unbranched alkanes of at least 4 members (excludes halogenated alkanes) is 1. The van der Waals surface area contributed by atoms with E-state index in [0.717, 1.165) is 30.5 Å². The normalized spacial score (nSPS) is 12.4. The molecule has 0 aliphatic rings. The van der Waals surface area contributed by atoms with Gasteiger partial charge in [-0.2, -0.15) is 0 Å². The van der Waals surface area contributed by atoms with Crippen molar-refractivity contribution < 1.29 is 9.84 Å². The number of benzene rings is 1. The van der Waals surface area contributed by atoms with Crippen molar-refractivity contribution in [3.63, 3.8) is 0 Å². The summed E-state index contributed by atoms with van der Waals surface area (Å²) in [7, 11) is 3.65. The first-order chi connectivity index (χ1) is 10.1. The zero-order valence-corrected chi connectivity index (χ0v) is 13.4. The minimum atomic E-state index is 0.120. The highest BCUT2D eigenvalue weighted by Crippen LogP contribution is 2.35. The number of likely N-dealkylation sites (N-methyl/N-ethyl adjacent to an activating group) is 1. The number of rotatable bonds is 9. The van der Waals surface area contributed by atoms with E-state index in [1.165, 1.54) is 0 Å². The predicted molar refractivity (Wildman–Crippen MR) is 87.9 cm³/mol. The lowest BCUT2D eigenvalue weighted by molar-refractivity contribution is 0.245. The van der Waals surface area contributed by atoms with Crippen LogP contribution in [0.1, 0.15) is 36.9 Å². The molecule has 1 aromatic rings. The summed E-state index contributed by atoms with van der Waals surface area (Å²) in [5.74, 6) is 0.680. The Kier molecular flexibility index (Phi) is 7.26. The maximum atomic E-state index is 10.2. The van der Waals surface area contributed by atoms with Gasteiger partial charge >= 0.3 is 0 Å². The van der Waals surface area contributed by atoms with Crippen LogP contribution in [0, 0.1) is 0 Å². The van der Waals surface area contributed by atoms with Gasteiger partial charge in [-0.15, -0.1) is 6.58 Å². The van der Waals surface area contributed by atoms with Crippen molar-refractivity contribution in [1.29, 1.82) is 0 Å². The molecule has 0 heterocycles. The Hall–Kier alpha value is -1.52. The summed E-state index contributed by atoms with van der Waals surface area (Å²) in [6.07, 6.45) is 4.67. The number of methoxy groups -OCH3 is 1. The molecule has 1 aromatic carbocycles. The second-order valence-corrected chi connectivity index (χ2v) is 5.31. The maximum Gasteiger partial charge on any atom is 0.161 e. The van der Waals surface area contributed by atoms with Crippen LogP contribution in [0.15, 0.2) is 24.8 Å². The minimum Gasteiger partial charge on any atom is -0.504 e. The molecule has 0 spiro atoms. The summed E-state index contributed by atoms with van der Waals surface area (Å²) in [6, 6.07) is 4.00. The van der Waals surface area contributed by atoms with E-state index in [2.05, 4.69) is 25.5 Å². The van der Waals surface area contributed by atoms with E-state index in [-0.39, 0.29) is 11.8 Å². The van der Waals surface area contributed by atoms with Gasteiger partial charge in [0.25, 0.3) is 0 Å². The number of nitrogens with two attached hydrogens (primary N) is 1. The molecule has 21 heavy (non-hydrogen) atoms. The summed E-state index contributed by atoms with van der Waals surface area (Å²) >= 11 is 0. The predicted octanol–water partition coefficient (Wildman–Crippen LogP) is 2.86. The highest BCUT2D eigenvalue weighted by Gasteiger charge is 2.19. The molecule has 1 atom stereocenters. The van der Waals surface area contributed by atoms with E-state index in [0.29, 0.717) is 18.7 Å². The number of hydrogen-bond donors (Lipinski definition) is 2. The average molecular weight is 292 g/mol. The smallest absolute Gasteiger partial charge is 0.161 e. The van der Waals surface area contributed by atoms with Gasteiger partial charge in [0.15, 0.2) is 11.5 Å². The SMILES string of the molecule is C=CCc1cc(C(CN)N(C)CCCC)cc(OC)c1O. The van der Waals surface area contributed by atoms with Gasteiger partial charge in [-0.1, -0.05) is 19.4 Å². The van der Waals surface area contributed by atoms with E-state index in [1.807, 2.05) is 12.1 Å². The van der Waals surface area contributed by atoms with Gasteiger partial charge in [0.2, 0.25) is 0 Å². The van der Waals surface area contributed by atoms with Crippen molar-refractivity contribution in [2.24, 2.45) is 5.73 Å². The third-order valence-electron chi connectivity index (χ3n) is 3.76. The Bertz CT molecular complexity index is 460. The van der Waals surface area contributed by atoms with Gasteiger partial charge < -0.3 is 15.6 Å². The minimum absolute atomic E-state index is 0.120. The van der Waals surface area contributed by atoms with Crippen molar-refractivity contribution in [1.82, 2.24) is 4.90 Å². The fraction of sp³-hybridized carbons (Fsp3) is 0.529. The number of ether oxygens (including phenoxy) is 1. The van der Waals surface area contributed by atoms with Crippen LogP contribution in [0.3, 0.4) is 0 Å². The van der Waals surface area contributed by atoms with Crippen LogP contribution in [0.25, 0.3) is 0 Å².